The maximum absolute atomic E-state index is 12.8. The van der Waals surface area contributed by atoms with Crippen LogP contribution in [0.25, 0.3) is 10.1 Å². The van der Waals surface area contributed by atoms with Gasteiger partial charge in [0, 0.05) is 9.17 Å². The molecule has 0 unspecified atom stereocenters. The molecule has 0 aliphatic rings. The Kier molecular flexibility index (Phi) is 4.08. The highest BCUT2D eigenvalue weighted by molar-refractivity contribution is 9.10. The molecule has 1 aromatic heterocycles. The number of rotatable bonds is 4. The molecule has 21 heavy (non-hydrogen) atoms. The first kappa shape index (κ1) is 14.3. The van der Waals surface area contributed by atoms with Crippen LogP contribution in [0.15, 0.2) is 53.0 Å². The molecule has 0 spiro atoms. The van der Waals surface area contributed by atoms with Crippen molar-refractivity contribution >= 4 is 43.1 Å². The molecule has 4 heteroatoms. The molecular formula is C17H13BrO2S. The van der Waals surface area contributed by atoms with Crippen molar-refractivity contribution in [2.75, 3.05) is 6.61 Å². The Morgan fingerprint density at radius 1 is 1.19 bits per heavy atom. The molecule has 2 nitrogen and oxygen atoms in total. The van der Waals surface area contributed by atoms with Crippen LogP contribution >= 0.6 is 27.3 Å². The molecule has 3 aromatic rings. The zero-order chi connectivity index (χ0) is 14.8. The first-order valence-corrected chi connectivity index (χ1v) is 8.25. The van der Waals surface area contributed by atoms with E-state index in [1.54, 1.807) is 0 Å². The maximum Gasteiger partial charge on any atom is 0.206 e. The molecule has 1 heterocycles. The number of carbonyl (C=O) groups excluding carboxylic acids is 1. The molecule has 0 bridgehead atoms. The number of thiophene rings is 1. The van der Waals surface area contributed by atoms with Gasteiger partial charge in [-0.25, -0.2) is 0 Å². The number of benzene rings is 2. The first-order valence-electron chi connectivity index (χ1n) is 6.64. The van der Waals surface area contributed by atoms with Gasteiger partial charge >= 0.3 is 0 Å². The second-order valence-corrected chi connectivity index (χ2v) is 6.55. The van der Waals surface area contributed by atoms with Crippen molar-refractivity contribution in [3.63, 3.8) is 0 Å². The van der Waals surface area contributed by atoms with Crippen LogP contribution in [0.3, 0.4) is 0 Å². The fourth-order valence-corrected chi connectivity index (χ4v) is 3.57. The van der Waals surface area contributed by atoms with E-state index in [1.807, 2.05) is 55.5 Å². The van der Waals surface area contributed by atoms with Gasteiger partial charge in [-0.2, -0.15) is 0 Å². The van der Waals surface area contributed by atoms with Crippen LogP contribution in [0.2, 0.25) is 0 Å². The maximum atomic E-state index is 12.8. The fourth-order valence-electron chi connectivity index (χ4n) is 2.19. The second-order valence-electron chi connectivity index (χ2n) is 4.55. The molecule has 2 aromatic carbocycles. The number of hydrogen-bond acceptors (Lipinski definition) is 3. The quantitative estimate of drug-likeness (QED) is 0.590. The predicted molar refractivity (Wildman–Crippen MR) is 90.6 cm³/mol. The Hall–Kier alpha value is -1.65. The Balaban J connectivity index is 2.06. The number of ether oxygens (including phenoxy) is 1. The van der Waals surface area contributed by atoms with E-state index >= 15 is 0 Å². The van der Waals surface area contributed by atoms with Gasteiger partial charge in [0.05, 0.1) is 17.0 Å². The average molecular weight is 361 g/mol. The number of ketones is 1. The van der Waals surface area contributed by atoms with E-state index in [9.17, 15) is 4.79 Å². The molecule has 0 fully saturated rings. The minimum absolute atomic E-state index is 0.000880. The van der Waals surface area contributed by atoms with Crippen LogP contribution < -0.4 is 4.74 Å². The van der Waals surface area contributed by atoms with E-state index in [1.165, 1.54) is 11.3 Å². The first-order chi connectivity index (χ1) is 10.2. The van der Waals surface area contributed by atoms with Gasteiger partial charge in [0.2, 0.25) is 5.78 Å². The van der Waals surface area contributed by atoms with Crippen molar-refractivity contribution in [2.24, 2.45) is 0 Å². The molecular weight excluding hydrogens is 348 g/mol. The Morgan fingerprint density at radius 2 is 2.00 bits per heavy atom. The highest BCUT2D eigenvalue weighted by atomic mass is 79.9. The molecule has 0 amide bonds. The predicted octanol–water partition coefficient (Wildman–Crippen LogP) is 5.29. The highest BCUT2D eigenvalue weighted by Gasteiger charge is 2.17. The summed E-state index contributed by atoms with van der Waals surface area (Å²) in [6.07, 6.45) is 0. The molecule has 0 aliphatic carbocycles. The molecule has 0 aliphatic heterocycles. The van der Waals surface area contributed by atoms with E-state index in [0.29, 0.717) is 17.9 Å². The summed E-state index contributed by atoms with van der Waals surface area (Å²) < 4.78 is 7.56. The summed E-state index contributed by atoms with van der Waals surface area (Å²) in [6.45, 7) is 2.45. The number of hydrogen-bond donors (Lipinski definition) is 0. The van der Waals surface area contributed by atoms with Gasteiger partial charge < -0.3 is 4.74 Å². The largest absolute Gasteiger partial charge is 0.493 e. The van der Waals surface area contributed by atoms with Gasteiger partial charge in [0.25, 0.3) is 0 Å². The normalized spacial score (nSPS) is 10.8. The summed E-state index contributed by atoms with van der Waals surface area (Å²) >= 11 is 4.93. The van der Waals surface area contributed by atoms with Crippen molar-refractivity contribution in [2.45, 2.75) is 6.92 Å². The lowest BCUT2D eigenvalue weighted by atomic mass is 10.1. The van der Waals surface area contributed by atoms with Crippen molar-refractivity contribution < 1.29 is 9.53 Å². The van der Waals surface area contributed by atoms with Gasteiger partial charge in [0.15, 0.2) is 0 Å². The lowest BCUT2D eigenvalue weighted by molar-refractivity contribution is 0.103. The van der Waals surface area contributed by atoms with Crippen LogP contribution in [0, 0.1) is 0 Å². The molecule has 0 radical (unpaired) electrons. The Labute approximate surface area is 135 Å². The van der Waals surface area contributed by atoms with Gasteiger partial charge in [-0.1, -0.05) is 34.1 Å². The van der Waals surface area contributed by atoms with Gasteiger partial charge in [-0.3, -0.25) is 4.79 Å². The van der Waals surface area contributed by atoms with Crippen LogP contribution in [-0.4, -0.2) is 12.4 Å². The van der Waals surface area contributed by atoms with Gasteiger partial charge in [-0.05, 0) is 42.6 Å². The highest BCUT2D eigenvalue weighted by Crippen LogP contribution is 2.31. The smallest absolute Gasteiger partial charge is 0.206 e. The number of halogens is 1. The second kappa shape index (κ2) is 6.00. The Bertz CT molecular complexity index is 774. The molecule has 0 saturated carbocycles. The van der Waals surface area contributed by atoms with Crippen LogP contribution in [0.1, 0.15) is 22.2 Å². The summed E-state index contributed by atoms with van der Waals surface area (Å²) in [6, 6.07) is 15.5. The SMILES string of the molecule is CCOc1ccc(Br)cc1C(=O)c1cc2ccccc2s1. The van der Waals surface area contributed by atoms with E-state index < -0.39 is 0 Å². The standard InChI is InChI=1S/C17H13BrO2S/c1-2-20-14-8-7-12(18)10-13(14)17(19)16-9-11-5-3-4-6-15(11)21-16/h3-10H,2H2,1H3. The number of fused-ring (bicyclic) bond motifs is 1. The van der Waals surface area contributed by atoms with E-state index in [0.717, 1.165) is 19.4 Å². The Morgan fingerprint density at radius 3 is 2.76 bits per heavy atom. The zero-order valence-corrected chi connectivity index (χ0v) is 13.8. The molecule has 3 rings (SSSR count). The third-order valence-electron chi connectivity index (χ3n) is 3.14. The van der Waals surface area contributed by atoms with Crippen LogP contribution in [0.5, 0.6) is 5.75 Å². The molecule has 0 saturated heterocycles. The summed E-state index contributed by atoms with van der Waals surface area (Å²) in [4.78, 5) is 13.5. The van der Waals surface area contributed by atoms with Gasteiger partial charge in [0.1, 0.15) is 5.75 Å². The van der Waals surface area contributed by atoms with Crippen LogP contribution in [0.4, 0.5) is 0 Å². The molecule has 0 N–H and O–H groups in total. The third kappa shape index (κ3) is 2.87. The molecule has 0 atom stereocenters. The van der Waals surface area contributed by atoms with Crippen molar-refractivity contribution in [1.82, 2.24) is 0 Å². The van der Waals surface area contributed by atoms with E-state index in [-0.39, 0.29) is 5.78 Å². The lowest BCUT2D eigenvalue weighted by Crippen LogP contribution is -2.04. The van der Waals surface area contributed by atoms with Crippen LogP contribution in [-0.2, 0) is 0 Å². The van der Waals surface area contributed by atoms with E-state index in [4.69, 9.17) is 4.74 Å². The van der Waals surface area contributed by atoms with Crippen molar-refractivity contribution in [3.05, 3.63) is 63.4 Å². The van der Waals surface area contributed by atoms with Crippen molar-refractivity contribution in [3.8, 4) is 5.75 Å². The van der Waals surface area contributed by atoms with E-state index in [2.05, 4.69) is 15.9 Å². The fraction of sp³-hybridized carbons (Fsp3) is 0.118. The third-order valence-corrected chi connectivity index (χ3v) is 4.74. The summed E-state index contributed by atoms with van der Waals surface area (Å²) in [5, 5.41) is 1.10. The minimum Gasteiger partial charge on any atom is -0.493 e. The zero-order valence-electron chi connectivity index (χ0n) is 11.4. The summed E-state index contributed by atoms with van der Waals surface area (Å²) in [5.41, 5.74) is 0.595. The summed E-state index contributed by atoms with van der Waals surface area (Å²) in [5.74, 6) is 0.629. The average Bonchev–Trinajstić information content (AvgIpc) is 2.92. The van der Waals surface area contributed by atoms with Gasteiger partial charge in [-0.15, -0.1) is 11.3 Å². The lowest BCUT2D eigenvalue weighted by Gasteiger charge is -2.08. The number of carbonyl (C=O) groups is 1. The van der Waals surface area contributed by atoms with Crippen molar-refractivity contribution in [1.29, 1.82) is 0 Å². The minimum atomic E-state index is 0.000880. The molecule has 106 valence electrons. The summed E-state index contributed by atoms with van der Waals surface area (Å²) in [7, 11) is 0. The monoisotopic (exact) mass is 360 g/mol. The topological polar surface area (TPSA) is 26.3 Å².